The normalized spacial score (nSPS) is 17.7. The standard InChI is InChI=1S/C16H18N2O2/c1-12-10-17-16(20-12)15-4-3-9-18(15)11-13-5-7-14(19-2)8-6-13/h3-9,12H,10-11H2,1-2H3. The van der Waals surface area contributed by atoms with Crippen molar-refractivity contribution in [1.82, 2.24) is 4.57 Å². The molecule has 20 heavy (non-hydrogen) atoms. The molecule has 1 unspecified atom stereocenters. The molecule has 3 rings (SSSR count). The quantitative estimate of drug-likeness (QED) is 0.856. The first kappa shape index (κ1) is 12.8. The van der Waals surface area contributed by atoms with Crippen LogP contribution in [0.15, 0.2) is 47.6 Å². The number of rotatable bonds is 4. The molecule has 0 amide bonds. The lowest BCUT2D eigenvalue weighted by Crippen LogP contribution is -2.13. The summed E-state index contributed by atoms with van der Waals surface area (Å²) in [5.41, 5.74) is 2.25. The molecule has 1 atom stereocenters. The fourth-order valence-corrected chi connectivity index (χ4v) is 2.29. The monoisotopic (exact) mass is 270 g/mol. The molecule has 1 aromatic heterocycles. The van der Waals surface area contributed by atoms with Crippen LogP contribution < -0.4 is 4.74 Å². The van der Waals surface area contributed by atoms with Crippen molar-refractivity contribution < 1.29 is 9.47 Å². The first-order chi connectivity index (χ1) is 9.76. The van der Waals surface area contributed by atoms with Gasteiger partial charge in [0.15, 0.2) is 0 Å². The Hall–Kier alpha value is -2.23. The molecule has 0 radical (unpaired) electrons. The zero-order valence-electron chi connectivity index (χ0n) is 11.7. The average Bonchev–Trinajstić information content (AvgIpc) is 3.08. The Balaban J connectivity index is 1.79. The molecule has 4 heteroatoms. The fraction of sp³-hybridized carbons (Fsp3) is 0.312. The van der Waals surface area contributed by atoms with E-state index in [4.69, 9.17) is 9.47 Å². The minimum absolute atomic E-state index is 0.175. The van der Waals surface area contributed by atoms with Gasteiger partial charge in [-0.2, -0.15) is 0 Å². The first-order valence-electron chi connectivity index (χ1n) is 6.76. The maximum atomic E-state index is 5.73. The summed E-state index contributed by atoms with van der Waals surface area (Å²) in [5.74, 6) is 1.62. The van der Waals surface area contributed by atoms with E-state index in [1.165, 1.54) is 5.56 Å². The van der Waals surface area contributed by atoms with Crippen molar-refractivity contribution in [3.05, 3.63) is 53.9 Å². The van der Waals surface area contributed by atoms with Crippen molar-refractivity contribution in [2.24, 2.45) is 4.99 Å². The predicted octanol–water partition coefficient (Wildman–Crippen LogP) is 2.71. The molecule has 1 aliphatic heterocycles. The Labute approximate surface area is 118 Å². The second-order valence-corrected chi connectivity index (χ2v) is 4.94. The van der Waals surface area contributed by atoms with Crippen molar-refractivity contribution in [2.75, 3.05) is 13.7 Å². The van der Waals surface area contributed by atoms with Crippen LogP contribution in [0.4, 0.5) is 0 Å². The number of hydrogen-bond acceptors (Lipinski definition) is 3. The lowest BCUT2D eigenvalue weighted by Gasteiger charge is -2.11. The van der Waals surface area contributed by atoms with E-state index in [0.29, 0.717) is 0 Å². The van der Waals surface area contributed by atoms with Crippen LogP contribution in [0.5, 0.6) is 5.75 Å². The second kappa shape index (κ2) is 5.41. The van der Waals surface area contributed by atoms with Crippen LogP contribution in [0, 0.1) is 0 Å². The van der Waals surface area contributed by atoms with E-state index in [-0.39, 0.29) is 6.10 Å². The van der Waals surface area contributed by atoms with Gasteiger partial charge < -0.3 is 14.0 Å². The Morgan fingerprint density at radius 3 is 2.75 bits per heavy atom. The smallest absolute Gasteiger partial charge is 0.233 e. The zero-order chi connectivity index (χ0) is 13.9. The summed E-state index contributed by atoms with van der Waals surface area (Å²) in [6, 6.07) is 12.2. The van der Waals surface area contributed by atoms with Gasteiger partial charge in [0.2, 0.25) is 5.90 Å². The molecule has 0 spiro atoms. The number of benzene rings is 1. The van der Waals surface area contributed by atoms with Crippen molar-refractivity contribution in [3.8, 4) is 5.75 Å². The third-order valence-electron chi connectivity index (χ3n) is 3.37. The number of aromatic nitrogens is 1. The highest BCUT2D eigenvalue weighted by atomic mass is 16.5. The maximum Gasteiger partial charge on any atom is 0.233 e. The molecule has 104 valence electrons. The summed E-state index contributed by atoms with van der Waals surface area (Å²) in [7, 11) is 1.68. The fourth-order valence-electron chi connectivity index (χ4n) is 2.29. The van der Waals surface area contributed by atoms with E-state index >= 15 is 0 Å². The minimum Gasteiger partial charge on any atom is -0.497 e. The number of aliphatic imine (C=N–C) groups is 1. The summed E-state index contributed by atoms with van der Waals surface area (Å²) in [4.78, 5) is 4.44. The van der Waals surface area contributed by atoms with Crippen molar-refractivity contribution in [1.29, 1.82) is 0 Å². The topological polar surface area (TPSA) is 35.8 Å². The van der Waals surface area contributed by atoms with Gasteiger partial charge in [-0.1, -0.05) is 12.1 Å². The molecule has 0 saturated heterocycles. The Morgan fingerprint density at radius 1 is 1.30 bits per heavy atom. The molecule has 0 N–H and O–H groups in total. The lowest BCUT2D eigenvalue weighted by molar-refractivity contribution is 0.245. The highest BCUT2D eigenvalue weighted by molar-refractivity contribution is 5.93. The van der Waals surface area contributed by atoms with Gasteiger partial charge in [0.05, 0.1) is 13.7 Å². The maximum absolute atomic E-state index is 5.73. The summed E-state index contributed by atoms with van der Waals surface area (Å²) in [6.45, 7) is 3.57. The molecule has 0 bridgehead atoms. The zero-order valence-corrected chi connectivity index (χ0v) is 11.7. The lowest BCUT2D eigenvalue weighted by atomic mass is 10.2. The van der Waals surface area contributed by atoms with Crippen LogP contribution in [0.3, 0.4) is 0 Å². The second-order valence-electron chi connectivity index (χ2n) is 4.94. The highest BCUT2D eigenvalue weighted by Crippen LogP contribution is 2.16. The molecule has 0 fully saturated rings. The number of methoxy groups -OCH3 is 1. The summed E-state index contributed by atoms with van der Waals surface area (Å²) < 4.78 is 13.1. The predicted molar refractivity (Wildman–Crippen MR) is 78.5 cm³/mol. The van der Waals surface area contributed by atoms with Crippen LogP contribution in [0.1, 0.15) is 18.2 Å². The van der Waals surface area contributed by atoms with Crippen molar-refractivity contribution in [2.45, 2.75) is 19.6 Å². The minimum atomic E-state index is 0.175. The van der Waals surface area contributed by atoms with Crippen molar-refractivity contribution in [3.63, 3.8) is 0 Å². The van der Waals surface area contributed by atoms with Crippen LogP contribution in [0.25, 0.3) is 0 Å². The third-order valence-corrected chi connectivity index (χ3v) is 3.37. The molecule has 2 heterocycles. The molecule has 1 aromatic carbocycles. The van der Waals surface area contributed by atoms with Crippen LogP contribution in [-0.2, 0) is 11.3 Å². The molecule has 4 nitrogen and oxygen atoms in total. The van der Waals surface area contributed by atoms with E-state index < -0.39 is 0 Å². The molecule has 2 aromatic rings. The molecular weight excluding hydrogens is 252 g/mol. The average molecular weight is 270 g/mol. The van der Waals surface area contributed by atoms with Crippen LogP contribution >= 0.6 is 0 Å². The van der Waals surface area contributed by atoms with Crippen LogP contribution in [-0.4, -0.2) is 30.2 Å². The molecule has 0 aliphatic carbocycles. The largest absolute Gasteiger partial charge is 0.497 e. The SMILES string of the molecule is COc1ccc(Cn2cccc2C2=NCC(C)O2)cc1. The molecule has 0 saturated carbocycles. The number of nitrogens with zero attached hydrogens (tertiary/aromatic N) is 2. The molecule has 1 aliphatic rings. The first-order valence-corrected chi connectivity index (χ1v) is 6.76. The summed E-state index contributed by atoms with van der Waals surface area (Å²) in [6.07, 6.45) is 2.23. The van der Waals surface area contributed by atoms with E-state index in [2.05, 4.69) is 27.9 Å². The van der Waals surface area contributed by atoms with E-state index in [9.17, 15) is 0 Å². The molecular formula is C16H18N2O2. The van der Waals surface area contributed by atoms with E-state index in [1.54, 1.807) is 7.11 Å². The highest BCUT2D eigenvalue weighted by Gasteiger charge is 2.19. The third kappa shape index (κ3) is 2.54. The van der Waals surface area contributed by atoms with Crippen LogP contribution in [0.2, 0.25) is 0 Å². The Kier molecular flexibility index (Phi) is 3.46. The summed E-state index contributed by atoms with van der Waals surface area (Å²) in [5, 5.41) is 0. The Morgan fingerprint density at radius 2 is 2.10 bits per heavy atom. The van der Waals surface area contributed by atoms with Gasteiger partial charge in [-0.25, -0.2) is 4.99 Å². The van der Waals surface area contributed by atoms with Gasteiger partial charge in [-0.05, 0) is 36.8 Å². The van der Waals surface area contributed by atoms with E-state index in [1.807, 2.05) is 31.2 Å². The van der Waals surface area contributed by atoms with Gasteiger partial charge in [0, 0.05) is 12.7 Å². The van der Waals surface area contributed by atoms with Crippen molar-refractivity contribution >= 4 is 5.90 Å². The van der Waals surface area contributed by atoms with Gasteiger partial charge in [0.1, 0.15) is 17.5 Å². The number of hydrogen-bond donors (Lipinski definition) is 0. The van der Waals surface area contributed by atoms with Gasteiger partial charge in [-0.3, -0.25) is 0 Å². The van der Waals surface area contributed by atoms with Gasteiger partial charge in [-0.15, -0.1) is 0 Å². The number of ether oxygens (including phenoxy) is 2. The summed E-state index contributed by atoms with van der Waals surface area (Å²) >= 11 is 0. The van der Waals surface area contributed by atoms with E-state index in [0.717, 1.165) is 30.4 Å². The van der Waals surface area contributed by atoms with Gasteiger partial charge >= 0.3 is 0 Å². The van der Waals surface area contributed by atoms with Gasteiger partial charge in [0.25, 0.3) is 0 Å². The Bertz CT molecular complexity index is 614.